The second kappa shape index (κ2) is 5.41. The van der Waals surface area contributed by atoms with Gasteiger partial charge in [0.1, 0.15) is 0 Å². The van der Waals surface area contributed by atoms with Crippen LogP contribution in [0.5, 0.6) is 0 Å². The zero-order valence-electron chi connectivity index (χ0n) is 11.9. The zero-order valence-corrected chi connectivity index (χ0v) is 11.9. The summed E-state index contributed by atoms with van der Waals surface area (Å²) < 4.78 is 0. The quantitative estimate of drug-likeness (QED) is 0.803. The Kier molecular flexibility index (Phi) is 3.45. The molecule has 0 spiro atoms. The minimum Gasteiger partial charge on any atom is -0.338 e. The molecule has 0 aliphatic carbocycles. The lowest BCUT2D eigenvalue weighted by Crippen LogP contribution is -2.37. The molecule has 0 unspecified atom stereocenters. The Bertz CT molecular complexity index is 730. The highest BCUT2D eigenvalue weighted by Crippen LogP contribution is 2.33. The first-order chi connectivity index (χ1) is 10.2. The van der Waals surface area contributed by atoms with Gasteiger partial charge in [-0.2, -0.15) is 5.26 Å². The fraction of sp³-hybridized carbons (Fsp3) is 0.222. The van der Waals surface area contributed by atoms with Gasteiger partial charge in [-0.3, -0.25) is 4.79 Å². The molecule has 1 amide bonds. The molecule has 21 heavy (non-hydrogen) atoms. The third-order valence-electron chi connectivity index (χ3n) is 4.06. The van der Waals surface area contributed by atoms with E-state index in [1.54, 1.807) is 13.0 Å². The van der Waals surface area contributed by atoms with Crippen molar-refractivity contribution in [3.05, 3.63) is 70.8 Å². The van der Waals surface area contributed by atoms with Crippen LogP contribution in [0.4, 0.5) is 0 Å². The highest BCUT2D eigenvalue weighted by Gasteiger charge is 2.27. The predicted molar refractivity (Wildman–Crippen MR) is 80.5 cm³/mol. The lowest BCUT2D eigenvalue weighted by atomic mass is 9.84. The number of carbonyl (C=O) groups is 1. The lowest BCUT2D eigenvalue weighted by Gasteiger charge is -2.34. The van der Waals surface area contributed by atoms with Gasteiger partial charge in [0.15, 0.2) is 0 Å². The van der Waals surface area contributed by atoms with Crippen molar-refractivity contribution >= 4 is 5.91 Å². The van der Waals surface area contributed by atoms with Crippen molar-refractivity contribution in [3.8, 4) is 6.07 Å². The summed E-state index contributed by atoms with van der Waals surface area (Å²) >= 11 is 0. The first kappa shape index (κ1) is 13.4. The minimum absolute atomic E-state index is 0.0888. The SMILES string of the molecule is CC(=O)N1Cc2ccccc2[C@@H](c2cccc(C#N)c2)C1. The van der Waals surface area contributed by atoms with Crippen LogP contribution in [0.2, 0.25) is 0 Å². The van der Waals surface area contributed by atoms with E-state index >= 15 is 0 Å². The summed E-state index contributed by atoms with van der Waals surface area (Å²) in [6.45, 7) is 2.94. The van der Waals surface area contributed by atoms with Crippen LogP contribution >= 0.6 is 0 Å². The Balaban J connectivity index is 2.08. The molecular weight excluding hydrogens is 260 g/mol. The van der Waals surface area contributed by atoms with Crippen LogP contribution in [0.25, 0.3) is 0 Å². The molecule has 0 aromatic heterocycles. The van der Waals surface area contributed by atoms with Gasteiger partial charge < -0.3 is 4.90 Å². The molecule has 3 rings (SSSR count). The summed E-state index contributed by atoms with van der Waals surface area (Å²) in [7, 11) is 0. The van der Waals surface area contributed by atoms with Crippen LogP contribution < -0.4 is 0 Å². The van der Waals surface area contributed by atoms with E-state index in [0.29, 0.717) is 18.7 Å². The molecule has 2 aromatic carbocycles. The molecule has 3 nitrogen and oxygen atoms in total. The molecule has 2 aromatic rings. The number of benzene rings is 2. The van der Waals surface area contributed by atoms with Crippen LogP contribution in [-0.2, 0) is 11.3 Å². The van der Waals surface area contributed by atoms with E-state index in [2.05, 4.69) is 18.2 Å². The maximum atomic E-state index is 11.8. The van der Waals surface area contributed by atoms with Gasteiger partial charge in [0.25, 0.3) is 0 Å². The van der Waals surface area contributed by atoms with Crippen LogP contribution in [0.1, 0.15) is 35.1 Å². The lowest BCUT2D eigenvalue weighted by molar-refractivity contribution is -0.129. The maximum Gasteiger partial charge on any atom is 0.219 e. The topological polar surface area (TPSA) is 44.1 Å². The van der Waals surface area contributed by atoms with Gasteiger partial charge >= 0.3 is 0 Å². The van der Waals surface area contributed by atoms with Crippen LogP contribution in [0, 0.1) is 11.3 Å². The average Bonchev–Trinajstić information content (AvgIpc) is 2.53. The van der Waals surface area contributed by atoms with Gasteiger partial charge in [0.2, 0.25) is 5.91 Å². The number of nitriles is 1. The molecule has 0 saturated heterocycles. The Morgan fingerprint density at radius 3 is 2.81 bits per heavy atom. The third kappa shape index (κ3) is 2.53. The van der Waals surface area contributed by atoms with Gasteiger partial charge in [0.05, 0.1) is 11.6 Å². The van der Waals surface area contributed by atoms with Gasteiger partial charge in [-0.1, -0.05) is 36.4 Å². The summed E-state index contributed by atoms with van der Waals surface area (Å²) in [5.41, 5.74) is 4.19. The van der Waals surface area contributed by atoms with Gasteiger partial charge in [-0.25, -0.2) is 0 Å². The van der Waals surface area contributed by atoms with Crippen molar-refractivity contribution in [2.75, 3.05) is 6.54 Å². The molecular formula is C18H16N2O. The van der Waals surface area contributed by atoms with E-state index in [-0.39, 0.29) is 11.8 Å². The summed E-state index contributed by atoms with van der Waals surface area (Å²) in [6.07, 6.45) is 0. The molecule has 0 bridgehead atoms. The van der Waals surface area contributed by atoms with Crippen molar-refractivity contribution in [2.24, 2.45) is 0 Å². The largest absolute Gasteiger partial charge is 0.338 e. The first-order valence-electron chi connectivity index (χ1n) is 7.02. The van der Waals surface area contributed by atoms with E-state index in [1.807, 2.05) is 35.2 Å². The second-order valence-electron chi connectivity index (χ2n) is 5.39. The Hall–Kier alpha value is -2.60. The van der Waals surface area contributed by atoms with E-state index in [9.17, 15) is 4.79 Å². The molecule has 104 valence electrons. The highest BCUT2D eigenvalue weighted by atomic mass is 16.2. The first-order valence-corrected chi connectivity index (χ1v) is 7.02. The average molecular weight is 276 g/mol. The molecule has 1 heterocycles. The molecule has 0 N–H and O–H groups in total. The normalized spacial score (nSPS) is 17.0. The van der Waals surface area contributed by atoms with Gasteiger partial charge in [0, 0.05) is 25.9 Å². The number of fused-ring (bicyclic) bond motifs is 1. The molecule has 0 radical (unpaired) electrons. The zero-order chi connectivity index (χ0) is 14.8. The van der Waals surface area contributed by atoms with Crippen molar-refractivity contribution in [1.29, 1.82) is 5.26 Å². The van der Waals surface area contributed by atoms with Crippen molar-refractivity contribution in [3.63, 3.8) is 0 Å². The molecule has 1 aliphatic rings. The minimum atomic E-state index is 0.0888. The van der Waals surface area contributed by atoms with Gasteiger partial charge in [-0.05, 0) is 28.8 Å². The van der Waals surface area contributed by atoms with Crippen LogP contribution in [-0.4, -0.2) is 17.4 Å². The second-order valence-corrected chi connectivity index (χ2v) is 5.39. The smallest absolute Gasteiger partial charge is 0.219 e. The molecule has 1 atom stereocenters. The van der Waals surface area contributed by atoms with Crippen molar-refractivity contribution in [2.45, 2.75) is 19.4 Å². The number of hydrogen-bond donors (Lipinski definition) is 0. The monoisotopic (exact) mass is 276 g/mol. The van der Waals surface area contributed by atoms with E-state index in [4.69, 9.17) is 5.26 Å². The van der Waals surface area contributed by atoms with Crippen molar-refractivity contribution < 1.29 is 4.79 Å². The summed E-state index contributed by atoms with van der Waals surface area (Å²) in [6, 6.07) is 18.1. The molecule has 1 aliphatic heterocycles. The number of hydrogen-bond acceptors (Lipinski definition) is 2. The highest BCUT2D eigenvalue weighted by molar-refractivity contribution is 5.74. The predicted octanol–water partition coefficient (Wildman–Crippen LogP) is 3.05. The summed E-state index contributed by atoms with van der Waals surface area (Å²) in [5, 5.41) is 9.08. The summed E-state index contributed by atoms with van der Waals surface area (Å²) in [4.78, 5) is 13.6. The Morgan fingerprint density at radius 2 is 2.05 bits per heavy atom. The Labute approximate surface area is 124 Å². The number of carbonyl (C=O) groups excluding carboxylic acids is 1. The van der Waals surface area contributed by atoms with Crippen molar-refractivity contribution in [1.82, 2.24) is 4.90 Å². The van der Waals surface area contributed by atoms with Crippen LogP contribution in [0.15, 0.2) is 48.5 Å². The molecule has 0 fully saturated rings. The fourth-order valence-corrected chi connectivity index (χ4v) is 2.96. The number of nitrogens with zero attached hydrogens (tertiary/aromatic N) is 2. The number of amides is 1. The van der Waals surface area contributed by atoms with E-state index < -0.39 is 0 Å². The summed E-state index contributed by atoms with van der Waals surface area (Å²) in [5.74, 6) is 0.220. The standard InChI is InChI=1S/C18H16N2O/c1-13(21)20-11-16-6-2-3-8-17(16)18(12-20)15-7-4-5-14(9-15)10-19/h2-9,18H,11-12H2,1H3/t18-/m1/s1. The van der Waals surface area contributed by atoms with Crippen LogP contribution in [0.3, 0.4) is 0 Å². The van der Waals surface area contributed by atoms with Gasteiger partial charge in [-0.15, -0.1) is 0 Å². The molecule has 0 saturated carbocycles. The number of rotatable bonds is 1. The maximum absolute atomic E-state index is 11.8. The van der Waals surface area contributed by atoms with E-state index in [0.717, 1.165) is 5.56 Å². The molecule has 3 heteroatoms. The third-order valence-corrected chi connectivity index (χ3v) is 4.06. The Morgan fingerprint density at radius 1 is 1.24 bits per heavy atom. The fourth-order valence-electron chi connectivity index (χ4n) is 2.96. The van der Waals surface area contributed by atoms with E-state index in [1.165, 1.54) is 11.1 Å².